The Morgan fingerprint density at radius 2 is 1.82 bits per heavy atom. The third kappa shape index (κ3) is 3.33. The van der Waals surface area contributed by atoms with E-state index in [1.807, 2.05) is 0 Å². The molecule has 0 aliphatic heterocycles. The molecule has 4 aliphatic rings. The van der Waals surface area contributed by atoms with Crippen molar-refractivity contribution in [3.8, 4) is 0 Å². The number of hydrogen-bond acceptors (Lipinski definition) is 1. The van der Waals surface area contributed by atoms with E-state index >= 15 is 0 Å². The van der Waals surface area contributed by atoms with E-state index in [0.717, 1.165) is 17.8 Å². The molecule has 28 heavy (non-hydrogen) atoms. The molecule has 3 fully saturated rings. The fourth-order valence-electron chi connectivity index (χ4n) is 8.11. The molecule has 3 unspecified atom stereocenters. The average molecular weight is 385 g/mol. The van der Waals surface area contributed by atoms with Gasteiger partial charge in [0.2, 0.25) is 0 Å². The molecule has 0 aromatic heterocycles. The van der Waals surface area contributed by atoms with E-state index in [-0.39, 0.29) is 0 Å². The van der Waals surface area contributed by atoms with Gasteiger partial charge in [-0.25, -0.2) is 0 Å². The predicted octanol–water partition coefficient (Wildman–Crippen LogP) is 7.60. The van der Waals surface area contributed by atoms with Crippen molar-refractivity contribution in [3.05, 3.63) is 11.6 Å². The molecule has 158 valence electrons. The highest BCUT2D eigenvalue weighted by molar-refractivity contribution is 5.94. The molecule has 0 radical (unpaired) electrons. The van der Waals surface area contributed by atoms with E-state index in [1.165, 1.54) is 76.2 Å². The van der Waals surface area contributed by atoms with Crippen LogP contribution >= 0.6 is 0 Å². The second-order valence-corrected chi connectivity index (χ2v) is 12.1. The molecule has 7 atom stereocenters. The van der Waals surface area contributed by atoms with E-state index in [9.17, 15) is 4.79 Å². The lowest BCUT2D eigenvalue weighted by Crippen LogP contribution is -2.53. The molecule has 3 saturated carbocycles. The summed E-state index contributed by atoms with van der Waals surface area (Å²) in [4.78, 5) is 13.4. The van der Waals surface area contributed by atoms with Gasteiger partial charge in [-0.3, -0.25) is 4.79 Å². The molecule has 0 bridgehead atoms. The van der Waals surface area contributed by atoms with Crippen molar-refractivity contribution in [3.63, 3.8) is 0 Å². The van der Waals surface area contributed by atoms with Crippen molar-refractivity contribution in [1.82, 2.24) is 0 Å². The van der Waals surface area contributed by atoms with Gasteiger partial charge >= 0.3 is 0 Å². The summed E-state index contributed by atoms with van der Waals surface area (Å²) in [6.07, 6.45) is 16.9. The van der Waals surface area contributed by atoms with Crippen molar-refractivity contribution in [2.24, 2.45) is 46.3 Å². The molecule has 4 rings (SSSR count). The highest BCUT2D eigenvalue weighted by Crippen LogP contribution is 2.66. The molecule has 0 amide bonds. The molecular weight excluding hydrogens is 340 g/mol. The summed E-state index contributed by atoms with van der Waals surface area (Å²) in [6, 6.07) is 0. The Morgan fingerprint density at radius 3 is 2.57 bits per heavy atom. The number of fused-ring (bicyclic) bond motifs is 5. The van der Waals surface area contributed by atoms with E-state index < -0.39 is 0 Å². The van der Waals surface area contributed by atoms with Crippen molar-refractivity contribution in [2.75, 3.05) is 0 Å². The van der Waals surface area contributed by atoms with Gasteiger partial charge < -0.3 is 0 Å². The average Bonchev–Trinajstić information content (AvgIpc) is 2.96. The first-order valence-electron chi connectivity index (χ1n) is 12.5. The number of carbonyl (C=O) groups is 1. The van der Waals surface area contributed by atoms with Crippen molar-refractivity contribution >= 4 is 5.78 Å². The molecule has 4 aliphatic carbocycles. The molecule has 0 spiro atoms. The summed E-state index contributed by atoms with van der Waals surface area (Å²) in [5, 5.41) is 0. The Hall–Kier alpha value is -0.590. The minimum atomic E-state index is 0.321. The van der Waals surface area contributed by atoms with Gasteiger partial charge in [0.05, 0.1) is 0 Å². The highest BCUT2D eigenvalue weighted by Gasteiger charge is 2.60. The topological polar surface area (TPSA) is 17.1 Å². The molecule has 1 nitrogen and oxygen atoms in total. The van der Waals surface area contributed by atoms with Gasteiger partial charge in [-0.15, -0.1) is 0 Å². The van der Waals surface area contributed by atoms with Crippen LogP contribution in [0.25, 0.3) is 0 Å². The van der Waals surface area contributed by atoms with Gasteiger partial charge in [0.1, 0.15) is 0 Å². The lowest BCUT2D eigenvalue weighted by Gasteiger charge is -2.57. The molecule has 0 saturated heterocycles. The van der Waals surface area contributed by atoms with Crippen molar-refractivity contribution in [1.29, 1.82) is 0 Å². The van der Waals surface area contributed by atoms with Gasteiger partial charge in [-0.2, -0.15) is 0 Å². The first-order valence-corrected chi connectivity index (χ1v) is 12.5. The Morgan fingerprint density at radius 1 is 1.04 bits per heavy atom. The van der Waals surface area contributed by atoms with E-state index in [0.29, 0.717) is 34.4 Å². The smallest absolute Gasteiger partial charge is 0.159 e. The van der Waals surface area contributed by atoms with Crippen LogP contribution in [-0.4, -0.2) is 5.78 Å². The third-order valence-electron chi connectivity index (χ3n) is 9.97. The number of ketones is 1. The SMILES string of the molecule is CC(C)CCCC[C@H]1CCC2C3C(=O)C=C4C[C@@H](C)CC[C@]4(C)C3CC[C@@]21C. The molecule has 1 heteroatoms. The second kappa shape index (κ2) is 7.59. The summed E-state index contributed by atoms with van der Waals surface area (Å²) in [5.41, 5.74) is 2.27. The lowest BCUT2D eigenvalue weighted by molar-refractivity contribution is -0.134. The van der Waals surface area contributed by atoms with E-state index in [1.54, 1.807) is 0 Å². The Labute approximate surface area is 174 Å². The van der Waals surface area contributed by atoms with E-state index in [2.05, 4.69) is 40.7 Å². The zero-order valence-electron chi connectivity index (χ0n) is 19.2. The fraction of sp³-hybridized carbons (Fsp3) is 0.889. The largest absolute Gasteiger partial charge is 0.295 e. The van der Waals surface area contributed by atoms with Gasteiger partial charge in [0.15, 0.2) is 5.78 Å². The predicted molar refractivity (Wildman–Crippen MR) is 118 cm³/mol. The minimum Gasteiger partial charge on any atom is -0.295 e. The monoisotopic (exact) mass is 384 g/mol. The van der Waals surface area contributed by atoms with Crippen LogP contribution in [0.2, 0.25) is 0 Å². The van der Waals surface area contributed by atoms with Crippen LogP contribution in [0.1, 0.15) is 105 Å². The number of unbranched alkanes of at least 4 members (excludes halogenated alkanes) is 1. The fourth-order valence-corrected chi connectivity index (χ4v) is 8.11. The van der Waals surface area contributed by atoms with Gasteiger partial charge in [0.25, 0.3) is 0 Å². The maximum absolute atomic E-state index is 13.4. The van der Waals surface area contributed by atoms with Crippen molar-refractivity contribution < 1.29 is 4.79 Å². The van der Waals surface area contributed by atoms with Crippen molar-refractivity contribution in [2.45, 2.75) is 105 Å². The van der Waals surface area contributed by atoms with Crippen LogP contribution in [0.4, 0.5) is 0 Å². The van der Waals surface area contributed by atoms with Crippen LogP contribution < -0.4 is 0 Å². The summed E-state index contributed by atoms with van der Waals surface area (Å²) in [5.74, 6) is 4.60. The van der Waals surface area contributed by atoms with E-state index in [4.69, 9.17) is 0 Å². The van der Waals surface area contributed by atoms with Crippen LogP contribution in [0.5, 0.6) is 0 Å². The number of carbonyl (C=O) groups excluding carboxylic acids is 1. The number of allylic oxidation sites excluding steroid dienone is 2. The van der Waals surface area contributed by atoms with Gasteiger partial charge in [-0.05, 0) is 97.9 Å². The first-order chi connectivity index (χ1) is 13.3. The summed E-state index contributed by atoms with van der Waals surface area (Å²) in [6.45, 7) is 12.2. The maximum atomic E-state index is 13.4. The maximum Gasteiger partial charge on any atom is 0.159 e. The normalized spacial score (nSPS) is 45.4. The second-order valence-electron chi connectivity index (χ2n) is 12.1. The zero-order chi connectivity index (χ0) is 20.1. The molecule has 0 aromatic rings. The van der Waals surface area contributed by atoms with Gasteiger partial charge in [-0.1, -0.05) is 59.5 Å². The molecule has 0 aromatic carbocycles. The summed E-state index contributed by atoms with van der Waals surface area (Å²) in [7, 11) is 0. The number of hydrogen-bond donors (Lipinski definition) is 0. The standard InChI is InChI=1S/C27H44O/c1-18(2)8-6-7-9-20-10-11-22-25-23(13-15-26(20,22)4)27(5)14-12-19(3)16-21(27)17-24(25)28/h17-20,22-23,25H,6-16H2,1-5H3/t19-,20-,22?,23?,25?,26+,27-/m0/s1. The summed E-state index contributed by atoms with van der Waals surface area (Å²) >= 11 is 0. The highest BCUT2D eigenvalue weighted by atomic mass is 16.1. The Kier molecular flexibility index (Phi) is 5.60. The Bertz CT molecular complexity index is 630. The van der Waals surface area contributed by atoms with Crippen LogP contribution in [0.3, 0.4) is 0 Å². The summed E-state index contributed by atoms with van der Waals surface area (Å²) < 4.78 is 0. The van der Waals surface area contributed by atoms with Crippen LogP contribution in [-0.2, 0) is 4.79 Å². The number of rotatable bonds is 5. The van der Waals surface area contributed by atoms with Gasteiger partial charge in [0, 0.05) is 5.92 Å². The molecular formula is C27H44O. The first kappa shape index (κ1) is 20.7. The Balaban J connectivity index is 1.51. The molecule has 0 heterocycles. The van der Waals surface area contributed by atoms with Crippen LogP contribution in [0.15, 0.2) is 11.6 Å². The quantitative estimate of drug-likeness (QED) is 0.446. The third-order valence-corrected chi connectivity index (χ3v) is 9.97. The van der Waals surface area contributed by atoms with Crippen LogP contribution in [0, 0.1) is 46.3 Å². The lowest BCUT2D eigenvalue weighted by atomic mass is 9.46. The zero-order valence-corrected chi connectivity index (χ0v) is 19.2. The minimum absolute atomic E-state index is 0.321. The molecule has 0 N–H and O–H groups in total.